The molecule has 0 spiro atoms. The molecule has 0 atom stereocenters. The Hall–Kier alpha value is -2.11. The highest BCUT2D eigenvalue weighted by molar-refractivity contribution is 7.23. The van der Waals surface area contributed by atoms with Crippen molar-refractivity contribution in [3.8, 4) is 0 Å². The summed E-state index contributed by atoms with van der Waals surface area (Å²) < 4.78 is 1.06. The van der Waals surface area contributed by atoms with E-state index in [9.17, 15) is 4.79 Å². The first kappa shape index (κ1) is 14.8. The first-order chi connectivity index (χ1) is 10.6. The summed E-state index contributed by atoms with van der Waals surface area (Å²) in [5, 5.41) is 5.10. The van der Waals surface area contributed by atoms with Crippen molar-refractivity contribution >= 4 is 44.1 Å². The maximum absolute atomic E-state index is 12.3. The van der Waals surface area contributed by atoms with Crippen LogP contribution in [-0.2, 0) is 6.54 Å². The third-order valence-corrected chi connectivity index (χ3v) is 4.86. The number of amides is 2. The van der Waals surface area contributed by atoms with Gasteiger partial charge in [-0.1, -0.05) is 29.8 Å². The smallest absolute Gasteiger partial charge is 0.322 e. The second-order valence-corrected chi connectivity index (χ2v) is 6.31. The van der Waals surface area contributed by atoms with E-state index >= 15 is 0 Å². The predicted molar refractivity (Wildman–Crippen MR) is 91.6 cm³/mol. The summed E-state index contributed by atoms with van der Waals surface area (Å²) in [4.78, 5) is 17.9. The summed E-state index contributed by atoms with van der Waals surface area (Å²) in [5.74, 6) is 0. The number of fused-ring (bicyclic) bond motifs is 1. The average molecular weight is 332 g/mol. The lowest BCUT2D eigenvalue weighted by Gasteiger charge is -2.17. The van der Waals surface area contributed by atoms with Crippen molar-refractivity contribution in [2.75, 3.05) is 12.4 Å². The van der Waals surface area contributed by atoms with E-state index in [0.29, 0.717) is 16.6 Å². The monoisotopic (exact) mass is 331 g/mol. The minimum absolute atomic E-state index is 0.190. The van der Waals surface area contributed by atoms with Crippen molar-refractivity contribution in [2.45, 2.75) is 6.54 Å². The molecular formula is C16H14ClN3OS. The Morgan fingerprint density at radius 1 is 1.27 bits per heavy atom. The van der Waals surface area contributed by atoms with Crippen molar-refractivity contribution in [1.29, 1.82) is 0 Å². The van der Waals surface area contributed by atoms with Crippen LogP contribution in [0.5, 0.6) is 0 Å². The van der Waals surface area contributed by atoms with Gasteiger partial charge >= 0.3 is 6.03 Å². The number of aromatic nitrogens is 1. The van der Waals surface area contributed by atoms with E-state index < -0.39 is 0 Å². The zero-order chi connectivity index (χ0) is 15.5. The Morgan fingerprint density at radius 3 is 2.73 bits per heavy atom. The maximum Gasteiger partial charge on any atom is 0.322 e. The number of nitrogens with one attached hydrogen (secondary N) is 1. The van der Waals surface area contributed by atoms with Crippen LogP contribution in [0.3, 0.4) is 0 Å². The quantitative estimate of drug-likeness (QED) is 0.761. The van der Waals surface area contributed by atoms with Gasteiger partial charge in [0.05, 0.1) is 5.02 Å². The van der Waals surface area contributed by atoms with Crippen LogP contribution in [0.4, 0.5) is 9.80 Å². The van der Waals surface area contributed by atoms with Crippen LogP contribution in [0.1, 0.15) is 5.56 Å². The summed E-state index contributed by atoms with van der Waals surface area (Å²) in [6.45, 7) is 0.511. The fraction of sp³-hybridized carbons (Fsp3) is 0.125. The van der Waals surface area contributed by atoms with Gasteiger partial charge in [-0.15, -0.1) is 11.3 Å². The number of urea groups is 1. The molecule has 0 aliphatic rings. The van der Waals surface area contributed by atoms with Crippen molar-refractivity contribution < 1.29 is 4.79 Å². The number of thiophene rings is 1. The Labute approximate surface area is 137 Å². The van der Waals surface area contributed by atoms with E-state index in [0.717, 1.165) is 15.6 Å². The number of benzene rings is 1. The molecule has 3 rings (SSSR count). The van der Waals surface area contributed by atoms with Crippen LogP contribution in [0.15, 0.2) is 48.8 Å². The molecule has 3 aromatic rings. The number of carbonyl (C=O) groups excluding carboxylic acids is 1. The number of nitrogens with zero attached hydrogens (tertiary/aromatic N) is 2. The summed E-state index contributed by atoms with van der Waals surface area (Å²) in [6, 6.07) is 11.4. The molecule has 0 saturated carbocycles. The predicted octanol–water partition coefficient (Wildman–Crippen LogP) is 4.61. The van der Waals surface area contributed by atoms with E-state index in [4.69, 9.17) is 11.6 Å². The maximum atomic E-state index is 12.3. The molecule has 2 amide bonds. The Kier molecular flexibility index (Phi) is 4.27. The molecule has 6 heteroatoms. The molecule has 2 aromatic heterocycles. The number of halogens is 1. The lowest BCUT2D eigenvalue weighted by Crippen LogP contribution is -2.30. The summed E-state index contributed by atoms with van der Waals surface area (Å²) in [6.07, 6.45) is 3.42. The molecule has 112 valence electrons. The SMILES string of the molecule is CN(Cc1ccncc1)C(=O)Nc1sc2ccccc2c1Cl. The highest BCUT2D eigenvalue weighted by atomic mass is 35.5. The Balaban J connectivity index is 1.74. The Bertz CT molecular complexity index is 804. The van der Waals surface area contributed by atoms with Crippen LogP contribution in [0.2, 0.25) is 5.02 Å². The van der Waals surface area contributed by atoms with E-state index in [-0.39, 0.29) is 6.03 Å². The largest absolute Gasteiger partial charge is 0.323 e. The van der Waals surface area contributed by atoms with Gasteiger partial charge in [0.1, 0.15) is 5.00 Å². The molecule has 2 heterocycles. The zero-order valence-corrected chi connectivity index (χ0v) is 13.5. The second kappa shape index (κ2) is 6.34. The lowest BCUT2D eigenvalue weighted by molar-refractivity contribution is 0.221. The van der Waals surface area contributed by atoms with Crippen LogP contribution < -0.4 is 5.32 Å². The fourth-order valence-corrected chi connectivity index (χ4v) is 3.49. The number of pyridine rings is 1. The molecule has 22 heavy (non-hydrogen) atoms. The summed E-state index contributed by atoms with van der Waals surface area (Å²) in [5.41, 5.74) is 1.02. The van der Waals surface area contributed by atoms with Gasteiger partial charge in [0.25, 0.3) is 0 Å². The first-order valence-corrected chi connectivity index (χ1v) is 7.92. The molecule has 4 nitrogen and oxygen atoms in total. The van der Waals surface area contributed by atoms with Crippen molar-refractivity contribution in [3.05, 3.63) is 59.4 Å². The topological polar surface area (TPSA) is 45.2 Å². The third-order valence-electron chi connectivity index (χ3n) is 3.27. The fourth-order valence-electron chi connectivity index (χ4n) is 2.12. The van der Waals surface area contributed by atoms with Crippen LogP contribution in [0, 0.1) is 0 Å². The number of hydrogen-bond donors (Lipinski definition) is 1. The molecule has 1 aromatic carbocycles. The molecule has 1 N–H and O–H groups in total. The zero-order valence-electron chi connectivity index (χ0n) is 11.9. The number of rotatable bonds is 3. The van der Waals surface area contributed by atoms with Gasteiger partial charge in [0, 0.05) is 36.1 Å². The Morgan fingerprint density at radius 2 is 2.00 bits per heavy atom. The molecular weight excluding hydrogens is 318 g/mol. The van der Waals surface area contributed by atoms with Crippen LogP contribution >= 0.6 is 22.9 Å². The van der Waals surface area contributed by atoms with Gasteiger partial charge < -0.3 is 4.90 Å². The van der Waals surface area contributed by atoms with Gasteiger partial charge in [-0.25, -0.2) is 4.79 Å². The van der Waals surface area contributed by atoms with Gasteiger partial charge in [-0.2, -0.15) is 0 Å². The molecule has 0 aliphatic carbocycles. The van der Waals surface area contributed by atoms with E-state index in [2.05, 4.69) is 10.3 Å². The number of hydrogen-bond acceptors (Lipinski definition) is 3. The van der Waals surface area contributed by atoms with E-state index in [1.54, 1.807) is 24.3 Å². The standard InChI is InChI=1S/C16H14ClN3OS/c1-20(10-11-6-8-18-9-7-11)16(21)19-15-14(17)12-4-2-3-5-13(12)22-15/h2-9H,10H2,1H3,(H,19,21). The van der Waals surface area contributed by atoms with Crippen molar-refractivity contribution in [3.63, 3.8) is 0 Å². The lowest BCUT2D eigenvalue weighted by atomic mass is 10.2. The van der Waals surface area contributed by atoms with Crippen LogP contribution in [-0.4, -0.2) is 23.0 Å². The number of carbonyl (C=O) groups is 1. The number of anilines is 1. The van der Waals surface area contributed by atoms with E-state index in [1.165, 1.54) is 11.3 Å². The molecule has 0 radical (unpaired) electrons. The van der Waals surface area contributed by atoms with Crippen LogP contribution in [0.25, 0.3) is 10.1 Å². The highest BCUT2D eigenvalue weighted by Gasteiger charge is 2.15. The summed E-state index contributed by atoms with van der Waals surface area (Å²) >= 11 is 7.81. The average Bonchev–Trinajstić information content (AvgIpc) is 2.85. The molecule has 0 saturated heterocycles. The van der Waals surface area contributed by atoms with Gasteiger partial charge in [0.15, 0.2) is 0 Å². The van der Waals surface area contributed by atoms with Gasteiger partial charge in [-0.3, -0.25) is 10.3 Å². The van der Waals surface area contributed by atoms with Crippen molar-refractivity contribution in [2.24, 2.45) is 0 Å². The minimum atomic E-state index is -0.190. The normalized spacial score (nSPS) is 10.6. The minimum Gasteiger partial charge on any atom is -0.323 e. The third kappa shape index (κ3) is 3.05. The highest BCUT2D eigenvalue weighted by Crippen LogP contribution is 2.39. The molecule has 0 aliphatic heterocycles. The van der Waals surface area contributed by atoms with Gasteiger partial charge in [0.2, 0.25) is 0 Å². The second-order valence-electron chi connectivity index (χ2n) is 4.88. The first-order valence-electron chi connectivity index (χ1n) is 6.73. The van der Waals surface area contributed by atoms with Crippen molar-refractivity contribution in [1.82, 2.24) is 9.88 Å². The molecule has 0 unspecified atom stereocenters. The van der Waals surface area contributed by atoms with E-state index in [1.807, 2.05) is 36.4 Å². The molecule has 0 bridgehead atoms. The van der Waals surface area contributed by atoms with Gasteiger partial charge in [-0.05, 0) is 23.8 Å². The molecule has 0 fully saturated rings. The summed E-state index contributed by atoms with van der Waals surface area (Å²) in [7, 11) is 1.75.